The van der Waals surface area contributed by atoms with Crippen LogP contribution in [0.25, 0.3) is 0 Å². The van der Waals surface area contributed by atoms with E-state index in [2.05, 4.69) is 17.6 Å². The highest BCUT2D eigenvalue weighted by atomic mass is 35.5. The summed E-state index contributed by atoms with van der Waals surface area (Å²) in [5.74, 6) is 0.796. The number of nitrogens with one attached hydrogen (secondary N) is 2. The van der Waals surface area contributed by atoms with E-state index in [0.717, 1.165) is 31.5 Å². The van der Waals surface area contributed by atoms with Crippen LogP contribution in [0.2, 0.25) is 0 Å². The van der Waals surface area contributed by atoms with E-state index in [1.165, 1.54) is 12.1 Å². The van der Waals surface area contributed by atoms with Crippen molar-refractivity contribution in [3.63, 3.8) is 0 Å². The second kappa shape index (κ2) is 10.6. The Hall–Kier alpha value is -1.17. The SMILES string of the molecule is COC(CNC(=O)CC(C)C1CCNCC1)c1ccc(F)cc1.Cl. The van der Waals surface area contributed by atoms with Gasteiger partial charge in [0, 0.05) is 20.1 Å². The number of piperidine rings is 1. The maximum atomic E-state index is 13.0. The van der Waals surface area contributed by atoms with Crippen molar-refractivity contribution in [3.8, 4) is 0 Å². The first kappa shape index (κ1) is 20.9. The van der Waals surface area contributed by atoms with Crippen molar-refractivity contribution in [1.82, 2.24) is 10.6 Å². The third kappa shape index (κ3) is 6.38. The van der Waals surface area contributed by atoms with E-state index >= 15 is 0 Å². The molecule has 1 amide bonds. The minimum Gasteiger partial charge on any atom is -0.375 e. The fourth-order valence-corrected chi connectivity index (χ4v) is 3.17. The lowest BCUT2D eigenvalue weighted by Gasteiger charge is -2.28. The van der Waals surface area contributed by atoms with Gasteiger partial charge < -0.3 is 15.4 Å². The zero-order chi connectivity index (χ0) is 16.7. The monoisotopic (exact) mass is 358 g/mol. The molecule has 1 heterocycles. The predicted octanol–water partition coefficient (Wildman–Crippen LogP) is 3.08. The summed E-state index contributed by atoms with van der Waals surface area (Å²) in [6.45, 7) is 4.66. The molecule has 0 spiro atoms. The van der Waals surface area contributed by atoms with Crippen molar-refractivity contribution in [3.05, 3.63) is 35.6 Å². The summed E-state index contributed by atoms with van der Waals surface area (Å²) in [5.41, 5.74) is 0.862. The van der Waals surface area contributed by atoms with Gasteiger partial charge >= 0.3 is 0 Å². The van der Waals surface area contributed by atoms with E-state index in [0.29, 0.717) is 24.8 Å². The summed E-state index contributed by atoms with van der Waals surface area (Å²) < 4.78 is 18.4. The molecule has 1 aliphatic rings. The van der Waals surface area contributed by atoms with E-state index < -0.39 is 0 Å². The number of amides is 1. The molecule has 0 saturated carbocycles. The molecular formula is C18H28ClFN2O2. The van der Waals surface area contributed by atoms with E-state index in [4.69, 9.17) is 4.74 Å². The van der Waals surface area contributed by atoms with Crippen molar-refractivity contribution < 1.29 is 13.9 Å². The Balaban J connectivity index is 0.00000288. The minimum atomic E-state index is -0.275. The molecule has 2 N–H and O–H groups in total. The van der Waals surface area contributed by atoms with Gasteiger partial charge in [0.1, 0.15) is 5.82 Å². The normalized spacial score (nSPS) is 17.6. The maximum absolute atomic E-state index is 13.0. The zero-order valence-electron chi connectivity index (χ0n) is 14.4. The molecular weight excluding hydrogens is 331 g/mol. The molecule has 1 fully saturated rings. The summed E-state index contributed by atoms with van der Waals surface area (Å²) >= 11 is 0. The molecule has 0 aliphatic carbocycles. The van der Waals surface area contributed by atoms with Gasteiger partial charge in [0.2, 0.25) is 5.91 Å². The molecule has 136 valence electrons. The molecule has 0 bridgehead atoms. The van der Waals surface area contributed by atoms with E-state index in [1.54, 1.807) is 19.2 Å². The summed E-state index contributed by atoms with van der Waals surface area (Å²) in [6, 6.07) is 6.19. The van der Waals surface area contributed by atoms with E-state index in [1.807, 2.05) is 0 Å². The van der Waals surface area contributed by atoms with Gasteiger partial charge in [0.05, 0.1) is 6.10 Å². The van der Waals surface area contributed by atoms with Crippen molar-refractivity contribution in [2.75, 3.05) is 26.7 Å². The quantitative estimate of drug-likeness (QED) is 0.787. The van der Waals surface area contributed by atoms with Crippen molar-refractivity contribution in [1.29, 1.82) is 0 Å². The lowest BCUT2D eigenvalue weighted by atomic mass is 9.84. The van der Waals surface area contributed by atoms with Gasteiger partial charge in [0.15, 0.2) is 0 Å². The van der Waals surface area contributed by atoms with Gasteiger partial charge in [-0.25, -0.2) is 4.39 Å². The number of methoxy groups -OCH3 is 1. The largest absolute Gasteiger partial charge is 0.375 e. The highest BCUT2D eigenvalue weighted by Gasteiger charge is 2.22. The van der Waals surface area contributed by atoms with Crippen LogP contribution in [-0.4, -0.2) is 32.7 Å². The first-order valence-corrected chi connectivity index (χ1v) is 8.35. The summed E-state index contributed by atoms with van der Waals surface area (Å²) in [7, 11) is 1.60. The van der Waals surface area contributed by atoms with E-state index in [9.17, 15) is 9.18 Å². The number of hydrogen-bond donors (Lipinski definition) is 2. The van der Waals surface area contributed by atoms with Gasteiger partial charge in [0.25, 0.3) is 0 Å². The number of carbonyl (C=O) groups is 1. The molecule has 24 heavy (non-hydrogen) atoms. The molecule has 0 radical (unpaired) electrons. The van der Waals surface area contributed by atoms with Gasteiger partial charge in [-0.3, -0.25) is 4.79 Å². The average Bonchev–Trinajstić information content (AvgIpc) is 2.57. The third-order valence-electron chi connectivity index (χ3n) is 4.71. The summed E-state index contributed by atoms with van der Waals surface area (Å²) in [4.78, 5) is 12.2. The highest BCUT2D eigenvalue weighted by Crippen LogP contribution is 2.24. The Morgan fingerprint density at radius 1 is 1.33 bits per heavy atom. The third-order valence-corrected chi connectivity index (χ3v) is 4.71. The van der Waals surface area contributed by atoms with Crippen LogP contribution in [0.4, 0.5) is 4.39 Å². The van der Waals surface area contributed by atoms with Gasteiger partial charge in [-0.1, -0.05) is 19.1 Å². The number of halogens is 2. The molecule has 2 unspecified atom stereocenters. The van der Waals surface area contributed by atoms with Crippen LogP contribution < -0.4 is 10.6 Å². The standard InChI is InChI=1S/C18H27FN2O2.ClH/c1-13(14-7-9-20-10-8-14)11-18(22)21-12-17(23-2)15-3-5-16(19)6-4-15;/h3-6,13-14,17,20H,7-12H2,1-2H3,(H,21,22);1H. The first-order chi connectivity index (χ1) is 11.1. The van der Waals surface area contributed by atoms with Crippen LogP contribution in [-0.2, 0) is 9.53 Å². The molecule has 1 aliphatic heterocycles. The molecule has 1 aromatic rings. The van der Waals surface area contributed by atoms with Crippen LogP contribution in [0.5, 0.6) is 0 Å². The van der Waals surface area contributed by atoms with Crippen LogP contribution in [0.1, 0.15) is 37.9 Å². The maximum Gasteiger partial charge on any atom is 0.220 e. The number of ether oxygens (including phenoxy) is 1. The molecule has 1 saturated heterocycles. The smallest absolute Gasteiger partial charge is 0.220 e. The molecule has 6 heteroatoms. The Morgan fingerprint density at radius 3 is 2.54 bits per heavy atom. The first-order valence-electron chi connectivity index (χ1n) is 8.35. The van der Waals surface area contributed by atoms with E-state index in [-0.39, 0.29) is 30.2 Å². The minimum absolute atomic E-state index is 0. The zero-order valence-corrected chi connectivity index (χ0v) is 15.2. The Bertz CT molecular complexity index is 492. The van der Waals surface area contributed by atoms with Crippen LogP contribution in [0, 0.1) is 17.7 Å². The lowest BCUT2D eigenvalue weighted by Crippen LogP contribution is -2.34. The average molecular weight is 359 g/mol. The van der Waals surface area contributed by atoms with Crippen molar-refractivity contribution >= 4 is 18.3 Å². The fraction of sp³-hybridized carbons (Fsp3) is 0.611. The number of benzene rings is 1. The fourth-order valence-electron chi connectivity index (χ4n) is 3.17. The van der Waals surface area contributed by atoms with Crippen LogP contribution in [0.3, 0.4) is 0 Å². The van der Waals surface area contributed by atoms with Crippen molar-refractivity contribution in [2.24, 2.45) is 11.8 Å². The summed E-state index contributed by atoms with van der Waals surface area (Å²) in [6.07, 6.45) is 2.58. The Morgan fingerprint density at radius 2 is 1.96 bits per heavy atom. The summed E-state index contributed by atoms with van der Waals surface area (Å²) in [5, 5.41) is 6.29. The van der Waals surface area contributed by atoms with Gasteiger partial charge in [-0.2, -0.15) is 0 Å². The molecule has 2 atom stereocenters. The van der Waals surface area contributed by atoms with Crippen LogP contribution in [0.15, 0.2) is 24.3 Å². The molecule has 2 rings (SSSR count). The second-order valence-corrected chi connectivity index (χ2v) is 6.35. The topological polar surface area (TPSA) is 50.4 Å². The Kier molecular flexibility index (Phi) is 9.26. The lowest BCUT2D eigenvalue weighted by molar-refractivity contribution is -0.122. The number of rotatable bonds is 7. The van der Waals surface area contributed by atoms with Crippen LogP contribution >= 0.6 is 12.4 Å². The highest BCUT2D eigenvalue weighted by molar-refractivity contribution is 5.85. The van der Waals surface area contributed by atoms with Crippen molar-refractivity contribution in [2.45, 2.75) is 32.3 Å². The number of hydrogen-bond acceptors (Lipinski definition) is 3. The van der Waals surface area contributed by atoms with Gasteiger partial charge in [-0.05, 0) is 55.5 Å². The van der Waals surface area contributed by atoms with Gasteiger partial charge in [-0.15, -0.1) is 12.4 Å². The number of carbonyl (C=O) groups excluding carboxylic acids is 1. The molecule has 4 nitrogen and oxygen atoms in total. The predicted molar refractivity (Wildman–Crippen MR) is 95.8 cm³/mol. The Labute approximate surface area is 149 Å². The molecule has 1 aromatic carbocycles. The second-order valence-electron chi connectivity index (χ2n) is 6.35. The molecule has 0 aromatic heterocycles.